The molecule has 0 saturated carbocycles. The van der Waals surface area contributed by atoms with Crippen molar-refractivity contribution in [2.45, 2.75) is 26.4 Å². The number of hydrogen-bond acceptors (Lipinski definition) is 4. The van der Waals surface area contributed by atoms with Gasteiger partial charge in [0.25, 0.3) is 0 Å². The van der Waals surface area contributed by atoms with Crippen LogP contribution in [0.25, 0.3) is 0 Å². The molecule has 6 nitrogen and oxygen atoms in total. The smallest absolute Gasteiger partial charge is 0.161 e. The highest BCUT2D eigenvalue weighted by molar-refractivity contribution is 5.34. The van der Waals surface area contributed by atoms with Gasteiger partial charge in [-0.1, -0.05) is 6.92 Å². The highest BCUT2D eigenvalue weighted by atomic mass is 16.5. The summed E-state index contributed by atoms with van der Waals surface area (Å²) in [6, 6.07) is 2.04. The van der Waals surface area contributed by atoms with Crippen molar-refractivity contribution in [2.75, 3.05) is 13.7 Å². The van der Waals surface area contributed by atoms with E-state index in [-0.39, 0.29) is 6.04 Å². The SMILES string of the molecule is CCNC(c1ccnn1C)c1c(OC)cnn1CC. The van der Waals surface area contributed by atoms with Crippen molar-refractivity contribution in [1.82, 2.24) is 24.9 Å². The molecule has 1 unspecified atom stereocenters. The zero-order valence-corrected chi connectivity index (χ0v) is 11.9. The number of methoxy groups -OCH3 is 1. The summed E-state index contributed by atoms with van der Waals surface area (Å²) in [6.45, 7) is 5.82. The van der Waals surface area contributed by atoms with Crippen LogP contribution in [0.5, 0.6) is 5.75 Å². The molecular formula is C13H21N5O. The summed E-state index contributed by atoms with van der Waals surface area (Å²) in [5, 5.41) is 12.1. The molecule has 6 heteroatoms. The quantitative estimate of drug-likeness (QED) is 0.854. The van der Waals surface area contributed by atoms with E-state index in [2.05, 4.69) is 29.4 Å². The molecule has 0 aliphatic carbocycles. The van der Waals surface area contributed by atoms with Crippen LogP contribution < -0.4 is 10.1 Å². The van der Waals surface area contributed by atoms with Crippen LogP contribution >= 0.6 is 0 Å². The van der Waals surface area contributed by atoms with Gasteiger partial charge in [0, 0.05) is 19.8 Å². The lowest BCUT2D eigenvalue weighted by atomic mass is 10.1. The fourth-order valence-electron chi connectivity index (χ4n) is 2.29. The first kappa shape index (κ1) is 13.6. The molecule has 0 saturated heterocycles. The molecule has 0 aliphatic heterocycles. The van der Waals surface area contributed by atoms with Crippen LogP contribution in [-0.4, -0.2) is 33.2 Å². The van der Waals surface area contributed by atoms with E-state index in [0.29, 0.717) is 0 Å². The molecule has 2 heterocycles. The molecule has 1 atom stereocenters. The number of rotatable bonds is 6. The van der Waals surface area contributed by atoms with E-state index >= 15 is 0 Å². The Kier molecular flexibility index (Phi) is 4.21. The van der Waals surface area contributed by atoms with E-state index < -0.39 is 0 Å². The maximum Gasteiger partial charge on any atom is 0.161 e. The first-order chi connectivity index (χ1) is 9.22. The predicted molar refractivity (Wildman–Crippen MR) is 73.2 cm³/mol. The Labute approximate surface area is 113 Å². The van der Waals surface area contributed by atoms with E-state index in [0.717, 1.165) is 30.2 Å². The molecule has 19 heavy (non-hydrogen) atoms. The average Bonchev–Trinajstić information content (AvgIpc) is 3.01. The summed E-state index contributed by atoms with van der Waals surface area (Å²) in [5.41, 5.74) is 2.13. The van der Waals surface area contributed by atoms with Crippen molar-refractivity contribution < 1.29 is 4.74 Å². The van der Waals surface area contributed by atoms with Crippen LogP contribution in [0.15, 0.2) is 18.5 Å². The fourth-order valence-corrected chi connectivity index (χ4v) is 2.29. The van der Waals surface area contributed by atoms with Gasteiger partial charge in [0.15, 0.2) is 5.75 Å². The Morgan fingerprint density at radius 2 is 2.16 bits per heavy atom. The Morgan fingerprint density at radius 3 is 2.68 bits per heavy atom. The van der Waals surface area contributed by atoms with Gasteiger partial charge in [-0.05, 0) is 19.5 Å². The van der Waals surface area contributed by atoms with Crippen LogP contribution in [0.1, 0.15) is 31.3 Å². The molecule has 0 radical (unpaired) electrons. The lowest BCUT2D eigenvalue weighted by Gasteiger charge is -2.20. The highest BCUT2D eigenvalue weighted by Gasteiger charge is 2.24. The molecule has 0 spiro atoms. The Morgan fingerprint density at radius 1 is 1.37 bits per heavy atom. The average molecular weight is 263 g/mol. The van der Waals surface area contributed by atoms with Crippen LogP contribution in [0.2, 0.25) is 0 Å². The maximum atomic E-state index is 5.44. The predicted octanol–water partition coefficient (Wildman–Crippen LogP) is 1.34. The van der Waals surface area contributed by atoms with Crippen LogP contribution in [0.3, 0.4) is 0 Å². The van der Waals surface area contributed by atoms with Gasteiger partial charge < -0.3 is 10.1 Å². The molecule has 2 aromatic rings. The normalized spacial score (nSPS) is 12.6. The topological polar surface area (TPSA) is 56.9 Å². The van der Waals surface area contributed by atoms with E-state index in [1.807, 2.05) is 22.5 Å². The first-order valence-electron chi connectivity index (χ1n) is 6.53. The number of hydrogen-bond donors (Lipinski definition) is 1. The van der Waals surface area contributed by atoms with Gasteiger partial charge in [-0.2, -0.15) is 10.2 Å². The van der Waals surface area contributed by atoms with E-state index in [9.17, 15) is 0 Å². The van der Waals surface area contributed by atoms with Gasteiger partial charge in [-0.3, -0.25) is 9.36 Å². The Balaban J connectivity index is 2.50. The van der Waals surface area contributed by atoms with E-state index in [1.165, 1.54) is 0 Å². The number of ether oxygens (including phenoxy) is 1. The molecule has 2 rings (SSSR count). The van der Waals surface area contributed by atoms with Crippen LogP contribution in [-0.2, 0) is 13.6 Å². The largest absolute Gasteiger partial charge is 0.493 e. The second-order valence-corrected chi connectivity index (χ2v) is 4.28. The van der Waals surface area contributed by atoms with Gasteiger partial charge >= 0.3 is 0 Å². The number of nitrogens with zero attached hydrogens (tertiary/aromatic N) is 4. The third-order valence-corrected chi connectivity index (χ3v) is 3.20. The fraction of sp³-hybridized carbons (Fsp3) is 0.538. The van der Waals surface area contributed by atoms with E-state index in [1.54, 1.807) is 19.5 Å². The maximum absolute atomic E-state index is 5.44. The van der Waals surface area contributed by atoms with Gasteiger partial charge in [-0.25, -0.2) is 0 Å². The Hall–Kier alpha value is -1.82. The van der Waals surface area contributed by atoms with Crippen LogP contribution in [0, 0.1) is 0 Å². The molecule has 0 fully saturated rings. The molecule has 0 aliphatic rings. The second-order valence-electron chi connectivity index (χ2n) is 4.28. The summed E-state index contributed by atoms with van der Waals surface area (Å²) >= 11 is 0. The standard InChI is InChI=1S/C13H21N5O/c1-5-14-12(10-7-8-15-17(10)3)13-11(19-4)9-16-18(13)6-2/h7-9,12,14H,5-6H2,1-4H3. The Bertz CT molecular complexity index is 509. The lowest BCUT2D eigenvalue weighted by Crippen LogP contribution is -2.27. The van der Waals surface area contributed by atoms with Crippen molar-refractivity contribution in [3.05, 3.63) is 29.8 Å². The van der Waals surface area contributed by atoms with Crippen molar-refractivity contribution in [2.24, 2.45) is 7.05 Å². The third kappa shape index (κ3) is 2.49. The molecule has 1 N–H and O–H groups in total. The summed E-state index contributed by atoms with van der Waals surface area (Å²) < 4.78 is 9.27. The van der Waals surface area contributed by atoms with Gasteiger partial charge in [0.2, 0.25) is 0 Å². The second kappa shape index (κ2) is 5.88. The third-order valence-electron chi connectivity index (χ3n) is 3.20. The first-order valence-corrected chi connectivity index (χ1v) is 6.53. The summed E-state index contributed by atoms with van der Waals surface area (Å²) in [6.07, 6.45) is 3.57. The van der Waals surface area contributed by atoms with Crippen molar-refractivity contribution in [3.63, 3.8) is 0 Å². The summed E-state index contributed by atoms with van der Waals surface area (Å²) in [7, 11) is 3.62. The number of aryl methyl sites for hydroxylation is 2. The molecule has 0 aromatic carbocycles. The minimum absolute atomic E-state index is 0.0231. The molecule has 104 valence electrons. The van der Waals surface area contributed by atoms with Crippen LogP contribution in [0.4, 0.5) is 0 Å². The molecular weight excluding hydrogens is 242 g/mol. The highest BCUT2D eigenvalue weighted by Crippen LogP contribution is 2.29. The van der Waals surface area contributed by atoms with E-state index in [4.69, 9.17) is 4.74 Å². The number of nitrogens with one attached hydrogen (secondary N) is 1. The summed E-state index contributed by atoms with van der Waals surface area (Å²) in [4.78, 5) is 0. The zero-order valence-electron chi connectivity index (χ0n) is 11.9. The number of aromatic nitrogens is 4. The van der Waals surface area contributed by atoms with Gasteiger partial charge in [-0.15, -0.1) is 0 Å². The van der Waals surface area contributed by atoms with Crippen molar-refractivity contribution >= 4 is 0 Å². The minimum atomic E-state index is 0.0231. The lowest BCUT2D eigenvalue weighted by molar-refractivity contribution is 0.397. The zero-order chi connectivity index (χ0) is 13.8. The summed E-state index contributed by atoms with van der Waals surface area (Å²) in [5.74, 6) is 0.800. The molecule has 0 bridgehead atoms. The van der Waals surface area contributed by atoms with Crippen molar-refractivity contribution in [3.8, 4) is 5.75 Å². The monoisotopic (exact) mass is 263 g/mol. The van der Waals surface area contributed by atoms with Gasteiger partial charge in [0.05, 0.1) is 25.0 Å². The molecule has 2 aromatic heterocycles. The molecule has 0 amide bonds. The minimum Gasteiger partial charge on any atom is -0.493 e. The van der Waals surface area contributed by atoms with Gasteiger partial charge in [0.1, 0.15) is 5.69 Å². The van der Waals surface area contributed by atoms with Crippen molar-refractivity contribution in [1.29, 1.82) is 0 Å².